The van der Waals surface area contributed by atoms with Crippen LogP contribution in [0.2, 0.25) is 0 Å². The van der Waals surface area contributed by atoms with Crippen molar-refractivity contribution in [3.63, 3.8) is 0 Å². The molecule has 128 valence electrons. The predicted octanol–water partition coefficient (Wildman–Crippen LogP) is 1.36. The Hall–Kier alpha value is -0.950. The second-order valence-electron chi connectivity index (χ2n) is 7.00. The van der Waals surface area contributed by atoms with Gasteiger partial charge in [0.15, 0.2) is 0 Å². The first-order valence-corrected chi connectivity index (χ1v) is 9.13. The number of carbonyl (C=O) groups excluding carboxylic acids is 1. The molecule has 3 rings (SSSR count). The number of hydrogen-bond donors (Lipinski definition) is 2. The van der Waals surface area contributed by atoms with Crippen molar-refractivity contribution >= 4 is 17.2 Å². The Morgan fingerprint density at radius 3 is 2.87 bits per heavy atom. The highest BCUT2D eigenvalue weighted by Gasteiger charge is 2.45. The van der Waals surface area contributed by atoms with Crippen molar-refractivity contribution in [3.8, 4) is 0 Å². The number of thiophene rings is 1. The van der Waals surface area contributed by atoms with E-state index in [0.717, 1.165) is 19.5 Å². The number of morpholine rings is 1. The third-order valence-electron chi connectivity index (χ3n) is 4.57. The van der Waals surface area contributed by atoms with Crippen molar-refractivity contribution in [2.45, 2.75) is 31.8 Å². The predicted molar refractivity (Wildman–Crippen MR) is 90.8 cm³/mol. The van der Waals surface area contributed by atoms with Gasteiger partial charge in [0, 0.05) is 47.8 Å². The van der Waals surface area contributed by atoms with Crippen molar-refractivity contribution in [1.29, 1.82) is 0 Å². The number of β-amino-alcohol motifs (C(OH)–C–C–N with tert-alkyl or cyclic N) is 1. The van der Waals surface area contributed by atoms with Gasteiger partial charge in [0.05, 0.1) is 18.8 Å². The van der Waals surface area contributed by atoms with E-state index in [4.69, 9.17) is 4.74 Å². The number of hydrogen-bond acceptors (Lipinski definition) is 5. The Morgan fingerprint density at radius 1 is 1.48 bits per heavy atom. The van der Waals surface area contributed by atoms with Crippen LogP contribution in [0, 0.1) is 12.8 Å². The molecule has 1 aromatic rings. The number of carbonyl (C=O) groups is 1. The smallest absolute Gasteiger partial charge is 0.223 e. The van der Waals surface area contributed by atoms with Crippen LogP contribution in [0.25, 0.3) is 0 Å². The van der Waals surface area contributed by atoms with Gasteiger partial charge < -0.3 is 15.2 Å². The summed E-state index contributed by atoms with van der Waals surface area (Å²) in [6, 6.07) is 4.24. The van der Waals surface area contributed by atoms with Gasteiger partial charge in [-0.2, -0.15) is 0 Å². The van der Waals surface area contributed by atoms with Gasteiger partial charge in [-0.3, -0.25) is 9.69 Å². The molecule has 5 nitrogen and oxygen atoms in total. The van der Waals surface area contributed by atoms with E-state index in [1.807, 2.05) is 0 Å². The van der Waals surface area contributed by atoms with E-state index in [9.17, 15) is 9.90 Å². The number of amides is 1. The summed E-state index contributed by atoms with van der Waals surface area (Å²) < 4.78 is 5.32. The monoisotopic (exact) mass is 338 g/mol. The van der Waals surface area contributed by atoms with Crippen molar-refractivity contribution in [2.24, 2.45) is 5.92 Å². The minimum Gasteiger partial charge on any atom is -0.387 e. The van der Waals surface area contributed by atoms with Gasteiger partial charge in [-0.05, 0) is 32.4 Å². The normalized spacial score (nSPS) is 27.4. The first-order valence-electron chi connectivity index (χ1n) is 8.31. The molecule has 6 heteroatoms. The minimum absolute atomic E-state index is 0.0725. The maximum Gasteiger partial charge on any atom is 0.223 e. The number of aryl methyl sites for hydroxylation is 1. The third-order valence-corrected chi connectivity index (χ3v) is 5.70. The fourth-order valence-electron chi connectivity index (χ4n) is 3.16. The summed E-state index contributed by atoms with van der Waals surface area (Å²) in [6.45, 7) is 7.85. The average molecular weight is 338 g/mol. The molecule has 3 unspecified atom stereocenters. The molecule has 0 spiro atoms. The zero-order chi connectivity index (χ0) is 16.4. The van der Waals surface area contributed by atoms with Crippen LogP contribution in [0.4, 0.5) is 0 Å². The van der Waals surface area contributed by atoms with Crippen LogP contribution in [0.15, 0.2) is 12.1 Å². The highest BCUT2D eigenvalue weighted by atomic mass is 32.1. The number of ether oxygens (including phenoxy) is 1. The van der Waals surface area contributed by atoms with Gasteiger partial charge in [0.1, 0.15) is 0 Å². The molecule has 2 fully saturated rings. The third kappa shape index (κ3) is 4.53. The van der Waals surface area contributed by atoms with Crippen molar-refractivity contribution in [1.82, 2.24) is 10.2 Å². The van der Waals surface area contributed by atoms with Crippen molar-refractivity contribution in [2.75, 3.05) is 39.4 Å². The Balaban J connectivity index is 1.43. The molecular formula is C17H26N2O3S. The molecule has 1 aliphatic carbocycles. The van der Waals surface area contributed by atoms with Gasteiger partial charge in [-0.15, -0.1) is 11.3 Å². The van der Waals surface area contributed by atoms with Crippen molar-refractivity contribution < 1.29 is 14.6 Å². The molecule has 1 saturated carbocycles. The van der Waals surface area contributed by atoms with Crippen LogP contribution >= 0.6 is 11.3 Å². The van der Waals surface area contributed by atoms with E-state index >= 15 is 0 Å². The standard InChI is InChI=1S/C17H26N2O3S/c1-12-3-4-15(23-12)13-9-14(13)16(20)18-10-17(2,21)11-19-5-7-22-8-6-19/h3-4,13-14,21H,5-11H2,1-2H3,(H,18,20). The molecule has 1 aromatic heterocycles. The Labute approximate surface area is 141 Å². The minimum atomic E-state index is -0.906. The van der Waals surface area contributed by atoms with Crippen LogP contribution in [0.5, 0.6) is 0 Å². The lowest BCUT2D eigenvalue weighted by atomic mass is 10.1. The number of nitrogens with one attached hydrogen (secondary N) is 1. The molecule has 1 aliphatic heterocycles. The second kappa shape index (κ2) is 6.89. The van der Waals surface area contributed by atoms with Gasteiger partial charge in [-0.25, -0.2) is 0 Å². The molecule has 2 N–H and O–H groups in total. The van der Waals surface area contributed by atoms with E-state index in [1.54, 1.807) is 18.3 Å². The Morgan fingerprint density at radius 2 is 2.22 bits per heavy atom. The number of rotatable bonds is 6. The zero-order valence-corrected chi connectivity index (χ0v) is 14.7. The molecule has 3 atom stereocenters. The van der Waals surface area contributed by atoms with E-state index in [1.165, 1.54) is 9.75 Å². The summed E-state index contributed by atoms with van der Waals surface area (Å²) in [5.41, 5.74) is -0.906. The van der Waals surface area contributed by atoms with E-state index in [0.29, 0.717) is 32.2 Å². The molecule has 0 bridgehead atoms. The van der Waals surface area contributed by atoms with E-state index < -0.39 is 5.60 Å². The molecule has 1 saturated heterocycles. The summed E-state index contributed by atoms with van der Waals surface area (Å²) in [4.78, 5) is 17.1. The lowest BCUT2D eigenvalue weighted by Gasteiger charge is -2.33. The van der Waals surface area contributed by atoms with Crippen LogP contribution < -0.4 is 5.32 Å². The molecule has 0 radical (unpaired) electrons. The first kappa shape index (κ1) is 16.9. The topological polar surface area (TPSA) is 61.8 Å². The lowest BCUT2D eigenvalue weighted by molar-refractivity contribution is -0.123. The SMILES string of the molecule is Cc1ccc(C2CC2C(=O)NCC(C)(O)CN2CCOCC2)s1. The van der Waals surface area contributed by atoms with Crippen LogP contribution in [0.1, 0.15) is 29.0 Å². The van der Waals surface area contributed by atoms with Gasteiger partial charge >= 0.3 is 0 Å². The first-order chi connectivity index (χ1) is 10.9. The highest BCUT2D eigenvalue weighted by Crippen LogP contribution is 2.49. The van der Waals surface area contributed by atoms with Crippen molar-refractivity contribution in [3.05, 3.63) is 21.9 Å². The van der Waals surface area contributed by atoms with Crippen LogP contribution in [-0.2, 0) is 9.53 Å². The number of nitrogens with zero attached hydrogens (tertiary/aromatic N) is 1. The van der Waals surface area contributed by atoms with Gasteiger partial charge in [0.2, 0.25) is 5.91 Å². The summed E-state index contributed by atoms with van der Waals surface area (Å²) in [6.07, 6.45) is 0.928. The highest BCUT2D eigenvalue weighted by molar-refractivity contribution is 7.12. The molecular weight excluding hydrogens is 312 g/mol. The summed E-state index contributed by atoms with van der Waals surface area (Å²) in [5.74, 6) is 0.522. The lowest BCUT2D eigenvalue weighted by Crippen LogP contribution is -2.51. The summed E-state index contributed by atoms with van der Waals surface area (Å²) in [7, 11) is 0. The maximum absolute atomic E-state index is 12.3. The quantitative estimate of drug-likeness (QED) is 0.822. The van der Waals surface area contributed by atoms with E-state index in [2.05, 4.69) is 29.3 Å². The van der Waals surface area contributed by atoms with Gasteiger partial charge in [0.25, 0.3) is 0 Å². The van der Waals surface area contributed by atoms with Crippen LogP contribution in [0.3, 0.4) is 0 Å². The fraction of sp³-hybridized carbons (Fsp3) is 0.706. The average Bonchev–Trinajstić information content (AvgIpc) is 3.20. The van der Waals surface area contributed by atoms with Gasteiger partial charge in [-0.1, -0.05) is 0 Å². The molecule has 23 heavy (non-hydrogen) atoms. The largest absolute Gasteiger partial charge is 0.387 e. The number of aliphatic hydroxyl groups is 1. The summed E-state index contributed by atoms with van der Waals surface area (Å²) >= 11 is 1.78. The zero-order valence-electron chi connectivity index (χ0n) is 13.9. The van der Waals surface area contributed by atoms with E-state index in [-0.39, 0.29) is 11.8 Å². The summed E-state index contributed by atoms with van der Waals surface area (Å²) in [5, 5.41) is 13.4. The molecule has 1 amide bonds. The molecule has 0 aromatic carbocycles. The second-order valence-corrected chi connectivity index (χ2v) is 8.32. The van der Waals surface area contributed by atoms with Crippen LogP contribution in [-0.4, -0.2) is 60.9 Å². The molecule has 2 aliphatic rings. The molecule has 2 heterocycles. The fourth-order valence-corrected chi connectivity index (χ4v) is 4.21. The Bertz CT molecular complexity index is 552. The maximum atomic E-state index is 12.3. The Kier molecular flexibility index (Phi) is 5.06.